The monoisotopic (exact) mass is 686 g/mol. The van der Waals surface area contributed by atoms with Crippen LogP contribution in [0.5, 0.6) is 0 Å². The Morgan fingerprint density at radius 3 is 1.13 bits per heavy atom. The van der Waals surface area contributed by atoms with E-state index in [-0.39, 0.29) is 37.5 Å². The number of rotatable bonds is 28. The number of nitriles is 2. The van der Waals surface area contributed by atoms with Gasteiger partial charge in [-0.15, -0.1) is 0 Å². The molecule has 2 N–H and O–H groups in total. The molecule has 0 aliphatic rings. The molecule has 2 unspecified atom stereocenters. The number of carbonyl (C=O) groups is 2. The Balaban J connectivity index is 4.86. The highest BCUT2D eigenvalue weighted by Gasteiger charge is 2.40. The number of amides is 2. The average Bonchev–Trinajstić information content (AvgIpc) is 3.03. The first-order valence-corrected chi connectivity index (χ1v) is 20.4. The van der Waals surface area contributed by atoms with Gasteiger partial charge in [-0.05, 0) is 81.1 Å². The summed E-state index contributed by atoms with van der Waals surface area (Å²) in [6, 6.07) is 5.35. The highest BCUT2D eigenvalue weighted by atomic mass is 28.4. The Bertz CT molecular complexity index is 885. The zero-order valence-corrected chi connectivity index (χ0v) is 31.4. The van der Waals surface area contributed by atoms with Crippen LogP contribution in [-0.2, 0) is 36.1 Å². The number of nitrogens with one attached hydrogen (secondary N) is 2. The van der Waals surface area contributed by atoms with Crippen molar-refractivity contribution in [3.8, 4) is 12.1 Å². The number of nitrogens with zero attached hydrogens (tertiary/aromatic N) is 4. The van der Waals surface area contributed by atoms with Gasteiger partial charge >= 0.3 is 17.6 Å². The van der Waals surface area contributed by atoms with Gasteiger partial charge in [-0.3, -0.25) is 9.59 Å². The van der Waals surface area contributed by atoms with Crippen molar-refractivity contribution in [3.05, 3.63) is 0 Å². The maximum atomic E-state index is 12.5. The number of azo groups is 1. The van der Waals surface area contributed by atoms with E-state index < -0.39 is 28.7 Å². The molecule has 264 valence electrons. The van der Waals surface area contributed by atoms with Crippen molar-refractivity contribution < 1.29 is 36.1 Å². The molecule has 0 aromatic carbocycles. The second-order valence-electron chi connectivity index (χ2n) is 10.8. The van der Waals surface area contributed by atoms with Crippen LogP contribution in [0, 0.1) is 22.7 Å². The van der Waals surface area contributed by atoms with E-state index in [0.717, 1.165) is 0 Å². The van der Waals surface area contributed by atoms with Crippen LogP contribution in [0.4, 0.5) is 0 Å². The van der Waals surface area contributed by atoms with Crippen molar-refractivity contribution in [2.45, 2.75) is 117 Å². The van der Waals surface area contributed by atoms with Crippen LogP contribution < -0.4 is 10.6 Å². The Morgan fingerprint density at radius 1 is 0.609 bits per heavy atom. The molecule has 0 aromatic rings. The maximum absolute atomic E-state index is 12.5. The standard InChI is InChI=1S/C30H58N6O8Si2/c1-9-39-45(40-10-2,41-11-3)23-15-21-33-27(37)17-19-29(7,25-31)35-36-30(8,26-32)20-18-28(38)34-22-16-24-46(42-12-4,43-13-5)44-14-6/h9-24H2,1-8H3,(H,33,37)(H,34,38). The van der Waals surface area contributed by atoms with Gasteiger partial charge in [0.2, 0.25) is 11.8 Å². The zero-order valence-electron chi connectivity index (χ0n) is 29.4. The van der Waals surface area contributed by atoms with Crippen LogP contribution >= 0.6 is 0 Å². The molecule has 0 heterocycles. The molecule has 2 amide bonds. The minimum absolute atomic E-state index is 0.0553. The predicted octanol–water partition coefficient (Wildman–Crippen LogP) is 4.67. The highest BCUT2D eigenvalue weighted by Crippen LogP contribution is 2.24. The summed E-state index contributed by atoms with van der Waals surface area (Å²) in [5, 5.41) is 33.6. The van der Waals surface area contributed by atoms with E-state index >= 15 is 0 Å². The Labute approximate surface area is 278 Å². The van der Waals surface area contributed by atoms with E-state index in [4.69, 9.17) is 26.6 Å². The van der Waals surface area contributed by atoms with Gasteiger partial charge in [0.25, 0.3) is 0 Å². The van der Waals surface area contributed by atoms with E-state index in [1.54, 1.807) is 13.8 Å². The van der Waals surface area contributed by atoms with Crippen LogP contribution in [0.3, 0.4) is 0 Å². The van der Waals surface area contributed by atoms with Gasteiger partial charge in [-0.2, -0.15) is 20.8 Å². The molecule has 0 rings (SSSR count). The van der Waals surface area contributed by atoms with E-state index in [0.29, 0.717) is 77.7 Å². The van der Waals surface area contributed by atoms with Crippen molar-refractivity contribution in [1.29, 1.82) is 10.5 Å². The summed E-state index contributed by atoms with van der Waals surface area (Å²) in [5.74, 6) is -0.451. The molecular formula is C30H58N6O8Si2. The first-order chi connectivity index (χ1) is 21.9. The second kappa shape index (κ2) is 23.9. The largest absolute Gasteiger partial charge is 0.500 e. The Hall–Kier alpha value is -2.29. The summed E-state index contributed by atoms with van der Waals surface area (Å²) in [7, 11) is -5.56. The van der Waals surface area contributed by atoms with Crippen LogP contribution in [0.2, 0.25) is 12.1 Å². The normalized spacial score (nSPS) is 14.7. The van der Waals surface area contributed by atoms with Crippen molar-refractivity contribution in [1.82, 2.24) is 10.6 Å². The smallest absolute Gasteiger partial charge is 0.374 e. The van der Waals surface area contributed by atoms with Gasteiger partial charge in [0.05, 0.1) is 12.1 Å². The third kappa shape index (κ3) is 17.6. The van der Waals surface area contributed by atoms with Gasteiger partial charge in [-0.25, -0.2) is 0 Å². The first-order valence-electron chi connectivity index (χ1n) is 16.5. The van der Waals surface area contributed by atoms with E-state index in [1.807, 2.05) is 41.5 Å². The third-order valence-electron chi connectivity index (χ3n) is 6.80. The second-order valence-corrected chi connectivity index (χ2v) is 16.3. The molecule has 0 fully saturated rings. The predicted molar refractivity (Wildman–Crippen MR) is 177 cm³/mol. The fraction of sp³-hybridized carbons (Fsp3) is 0.867. The Morgan fingerprint density at radius 2 is 0.891 bits per heavy atom. The zero-order chi connectivity index (χ0) is 35.0. The highest BCUT2D eigenvalue weighted by molar-refractivity contribution is 6.61. The number of hydrogen-bond acceptors (Lipinski definition) is 12. The summed E-state index contributed by atoms with van der Waals surface area (Å²) in [6.45, 7) is 18.2. The molecule has 14 nitrogen and oxygen atoms in total. The Kier molecular flexibility index (Phi) is 22.8. The molecule has 0 saturated heterocycles. The van der Waals surface area contributed by atoms with Crippen molar-refractivity contribution in [2.75, 3.05) is 52.7 Å². The molecule has 0 saturated carbocycles. The lowest BCUT2D eigenvalue weighted by atomic mass is 9.97. The summed E-state index contributed by atoms with van der Waals surface area (Å²) in [6.07, 6.45) is 1.59. The minimum atomic E-state index is -2.78. The summed E-state index contributed by atoms with van der Waals surface area (Å²) in [4.78, 5) is 25.0. The molecule has 0 bridgehead atoms. The fourth-order valence-electron chi connectivity index (χ4n) is 4.44. The minimum Gasteiger partial charge on any atom is -0.374 e. The van der Waals surface area contributed by atoms with Gasteiger partial charge in [0.1, 0.15) is 0 Å². The molecule has 0 radical (unpaired) electrons. The van der Waals surface area contributed by atoms with Gasteiger partial charge < -0.3 is 37.2 Å². The maximum Gasteiger partial charge on any atom is 0.500 e. The topological polar surface area (TPSA) is 186 Å². The van der Waals surface area contributed by atoms with Gasteiger partial charge in [-0.1, -0.05) is 0 Å². The van der Waals surface area contributed by atoms with E-state index in [1.165, 1.54) is 0 Å². The SMILES string of the molecule is CCO[Si](CCCNC(=O)CCC(C)(C#N)N=NC(C)(C#N)CCC(=O)NCCC[Si](OCC)(OCC)OCC)(OCC)OCC. The molecule has 16 heteroatoms. The van der Waals surface area contributed by atoms with E-state index in [2.05, 4.69) is 33.0 Å². The van der Waals surface area contributed by atoms with Crippen LogP contribution in [0.1, 0.15) is 93.9 Å². The van der Waals surface area contributed by atoms with E-state index in [9.17, 15) is 20.1 Å². The van der Waals surface area contributed by atoms with Crippen LogP contribution in [0.15, 0.2) is 10.2 Å². The number of hydrogen-bond donors (Lipinski definition) is 2. The number of carbonyl (C=O) groups excluding carboxylic acids is 2. The average molecular weight is 687 g/mol. The molecule has 0 aliphatic carbocycles. The molecule has 2 atom stereocenters. The van der Waals surface area contributed by atoms with Crippen LogP contribution in [0.25, 0.3) is 0 Å². The lowest BCUT2D eigenvalue weighted by Crippen LogP contribution is -2.46. The molecule has 0 aliphatic heterocycles. The molecular weight excluding hydrogens is 629 g/mol. The summed E-state index contributed by atoms with van der Waals surface area (Å²) < 4.78 is 35.0. The third-order valence-corrected chi connectivity index (χ3v) is 13.1. The van der Waals surface area contributed by atoms with Gasteiger partial charge in [0.15, 0.2) is 11.1 Å². The molecule has 46 heavy (non-hydrogen) atoms. The van der Waals surface area contributed by atoms with Crippen molar-refractivity contribution >= 4 is 29.4 Å². The van der Waals surface area contributed by atoms with Gasteiger partial charge in [0, 0.05) is 77.7 Å². The lowest BCUT2D eigenvalue weighted by Gasteiger charge is -2.28. The van der Waals surface area contributed by atoms with Crippen molar-refractivity contribution in [2.24, 2.45) is 10.2 Å². The molecule has 0 spiro atoms. The fourth-order valence-corrected chi connectivity index (χ4v) is 9.66. The first kappa shape index (κ1) is 43.7. The van der Waals surface area contributed by atoms with Crippen LogP contribution in [-0.4, -0.2) is 93.2 Å². The quantitative estimate of drug-likeness (QED) is 0.0665. The summed E-state index contributed by atoms with van der Waals surface area (Å²) >= 11 is 0. The summed E-state index contributed by atoms with van der Waals surface area (Å²) in [5.41, 5.74) is -2.62. The van der Waals surface area contributed by atoms with Crippen molar-refractivity contribution in [3.63, 3.8) is 0 Å². The molecule has 0 aromatic heterocycles. The lowest BCUT2D eigenvalue weighted by molar-refractivity contribution is -0.122.